The van der Waals surface area contributed by atoms with E-state index in [0.717, 1.165) is 19.4 Å². The van der Waals surface area contributed by atoms with Gasteiger partial charge >= 0.3 is 0 Å². The smallest absolute Gasteiger partial charge is 0.252 e. The fourth-order valence-electron chi connectivity index (χ4n) is 1.43. The summed E-state index contributed by atoms with van der Waals surface area (Å²) in [5.74, 6) is 1.55. The van der Waals surface area contributed by atoms with Crippen LogP contribution in [-0.2, 0) is 0 Å². The van der Waals surface area contributed by atoms with Crippen LogP contribution < -0.4 is 10.9 Å². The lowest BCUT2D eigenvalue weighted by Crippen LogP contribution is -2.13. The van der Waals surface area contributed by atoms with Crippen molar-refractivity contribution in [1.82, 2.24) is 9.97 Å². The van der Waals surface area contributed by atoms with E-state index >= 15 is 0 Å². The van der Waals surface area contributed by atoms with Crippen molar-refractivity contribution < 1.29 is 5.11 Å². The number of nitrogens with one attached hydrogen (secondary N) is 2. The first-order valence-corrected chi connectivity index (χ1v) is 5.54. The number of nitrogens with zero attached hydrogens (tertiary/aromatic N) is 1. The van der Waals surface area contributed by atoms with Crippen LogP contribution in [0, 0.1) is 12.8 Å². The molecule has 1 aromatic heterocycles. The minimum atomic E-state index is -0.140. The minimum Gasteiger partial charge on any atom is -0.396 e. The number of aryl methyl sites for hydroxylation is 1. The molecule has 0 aliphatic carbocycles. The lowest BCUT2D eigenvalue weighted by Gasteiger charge is -2.08. The molecule has 0 aliphatic heterocycles. The molecule has 5 nitrogen and oxygen atoms in total. The predicted octanol–water partition coefficient (Wildman–Crippen LogP) is 0.899. The highest BCUT2D eigenvalue weighted by atomic mass is 16.3. The molecule has 5 heteroatoms. The lowest BCUT2D eigenvalue weighted by atomic mass is 10.1. The largest absolute Gasteiger partial charge is 0.396 e. The second-order valence-electron chi connectivity index (χ2n) is 4.07. The van der Waals surface area contributed by atoms with Gasteiger partial charge in [-0.1, -0.05) is 6.92 Å². The highest BCUT2D eigenvalue weighted by Crippen LogP contribution is 2.05. The molecule has 1 rings (SSSR count). The zero-order chi connectivity index (χ0) is 12.0. The quantitative estimate of drug-likeness (QED) is 0.628. The fraction of sp³-hybridized carbons (Fsp3) is 0.636. The molecule has 16 heavy (non-hydrogen) atoms. The van der Waals surface area contributed by atoms with E-state index in [0.29, 0.717) is 17.6 Å². The molecular formula is C11H19N3O2. The van der Waals surface area contributed by atoms with Gasteiger partial charge in [-0.05, 0) is 25.7 Å². The number of H-pyrrole nitrogens is 1. The zero-order valence-electron chi connectivity index (χ0n) is 9.79. The topological polar surface area (TPSA) is 78.0 Å². The highest BCUT2D eigenvalue weighted by molar-refractivity contribution is 5.32. The summed E-state index contributed by atoms with van der Waals surface area (Å²) in [5.41, 5.74) is -0.140. The van der Waals surface area contributed by atoms with E-state index < -0.39 is 0 Å². The van der Waals surface area contributed by atoms with Gasteiger partial charge in [-0.3, -0.25) is 4.79 Å². The number of aliphatic hydroxyl groups is 1. The van der Waals surface area contributed by atoms with Crippen molar-refractivity contribution in [3.63, 3.8) is 0 Å². The van der Waals surface area contributed by atoms with Crippen LogP contribution in [0.4, 0.5) is 5.82 Å². The number of aromatic amines is 1. The first-order valence-electron chi connectivity index (χ1n) is 5.54. The number of anilines is 1. The molecule has 0 saturated carbocycles. The van der Waals surface area contributed by atoms with Gasteiger partial charge in [-0.2, -0.15) is 0 Å². The van der Waals surface area contributed by atoms with E-state index in [4.69, 9.17) is 5.11 Å². The van der Waals surface area contributed by atoms with Gasteiger partial charge in [0.1, 0.15) is 11.6 Å². The molecule has 0 aliphatic rings. The maximum atomic E-state index is 11.1. The van der Waals surface area contributed by atoms with E-state index in [9.17, 15) is 4.79 Å². The summed E-state index contributed by atoms with van der Waals surface area (Å²) in [6.45, 7) is 4.75. The van der Waals surface area contributed by atoms with Gasteiger partial charge in [0, 0.05) is 19.2 Å². The van der Waals surface area contributed by atoms with Gasteiger partial charge < -0.3 is 15.4 Å². The van der Waals surface area contributed by atoms with Crippen LogP contribution in [0.15, 0.2) is 10.9 Å². The Morgan fingerprint density at radius 2 is 2.38 bits per heavy atom. The normalized spacial score (nSPS) is 12.4. The summed E-state index contributed by atoms with van der Waals surface area (Å²) < 4.78 is 0. The Balaban J connectivity index is 2.34. The molecule has 0 spiro atoms. The molecule has 1 heterocycles. The van der Waals surface area contributed by atoms with Crippen LogP contribution in [0.1, 0.15) is 25.6 Å². The summed E-state index contributed by atoms with van der Waals surface area (Å²) >= 11 is 0. The molecule has 1 unspecified atom stereocenters. The molecular weight excluding hydrogens is 206 g/mol. The third-order valence-electron chi connectivity index (χ3n) is 2.35. The predicted molar refractivity (Wildman–Crippen MR) is 63.6 cm³/mol. The van der Waals surface area contributed by atoms with E-state index in [1.54, 1.807) is 6.92 Å². The van der Waals surface area contributed by atoms with Crippen LogP contribution in [-0.4, -0.2) is 28.2 Å². The number of rotatable bonds is 6. The Labute approximate surface area is 94.9 Å². The molecule has 0 aromatic carbocycles. The highest BCUT2D eigenvalue weighted by Gasteiger charge is 2.00. The van der Waals surface area contributed by atoms with E-state index in [1.807, 2.05) is 6.92 Å². The van der Waals surface area contributed by atoms with E-state index in [2.05, 4.69) is 15.3 Å². The van der Waals surface area contributed by atoms with Gasteiger partial charge in [0.2, 0.25) is 0 Å². The average molecular weight is 225 g/mol. The summed E-state index contributed by atoms with van der Waals surface area (Å²) in [7, 11) is 0. The van der Waals surface area contributed by atoms with E-state index in [1.165, 1.54) is 6.07 Å². The maximum Gasteiger partial charge on any atom is 0.252 e. The summed E-state index contributed by atoms with van der Waals surface area (Å²) in [4.78, 5) is 17.9. The van der Waals surface area contributed by atoms with Crippen molar-refractivity contribution in [3.05, 3.63) is 22.2 Å². The first-order chi connectivity index (χ1) is 7.61. The van der Waals surface area contributed by atoms with Crippen molar-refractivity contribution >= 4 is 5.82 Å². The summed E-state index contributed by atoms with van der Waals surface area (Å²) in [6, 6.07) is 1.45. The molecule has 1 atom stereocenters. The number of hydrogen-bond acceptors (Lipinski definition) is 4. The van der Waals surface area contributed by atoms with Gasteiger partial charge in [-0.25, -0.2) is 4.98 Å². The van der Waals surface area contributed by atoms with Crippen LogP contribution >= 0.6 is 0 Å². The van der Waals surface area contributed by atoms with Gasteiger partial charge in [0.05, 0.1) is 0 Å². The lowest BCUT2D eigenvalue weighted by molar-refractivity contribution is 0.229. The Morgan fingerprint density at radius 1 is 1.62 bits per heavy atom. The minimum absolute atomic E-state index is 0.140. The molecule has 0 fully saturated rings. The Kier molecular flexibility index (Phi) is 4.98. The van der Waals surface area contributed by atoms with E-state index in [-0.39, 0.29) is 12.2 Å². The Morgan fingerprint density at radius 3 is 3.00 bits per heavy atom. The van der Waals surface area contributed by atoms with Crippen molar-refractivity contribution in [2.24, 2.45) is 5.92 Å². The molecule has 3 N–H and O–H groups in total. The van der Waals surface area contributed by atoms with Crippen LogP contribution in [0.2, 0.25) is 0 Å². The molecule has 0 bridgehead atoms. The number of aliphatic hydroxyl groups excluding tert-OH is 1. The van der Waals surface area contributed by atoms with Crippen molar-refractivity contribution in [1.29, 1.82) is 0 Å². The van der Waals surface area contributed by atoms with Crippen LogP contribution in [0.3, 0.4) is 0 Å². The Bertz CT molecular complexity index is 376. The van der Waals surface area contributed by atoms with Crippen LogP contribution in [0.5, 0.6) is 0 Å². The summed E-state index contributed by atoms with van der Waals surface area (Å²) in [5, 5.41) is 11.9. The first kappa shape index (κ1) is 12.7. The standard InChI is InChI=1S/C11H19N3O2/c1-8(7-15)4-3-5-12-10-6-11(16)14-9(2)13-10/h6,8,15H,3-5,7H2,1-2H3,(H2,12,13,14,16). The third kappa shape index (κ3) is 4.44. The van der Waals surface area contributed by atoms with Gasteiger partial charge in [-0.15, -0.1) is 0 Å². The number of hydrogen-bond donors (Lipinski definition) is 3. The van der Waals surface area contributed by atoms with Crippen molar-refractivity contribution in [2.45, 2.75) is 26.7 Å². The maximum absolute atomic E-state index is 11.1. The number of aromatic nitrogens is 2. The second-order valence-corrected chi connectivity index (χ2v) is 4.07. The third-order valence-corrected chi connectivity index (χ3v) is 2.35. The van der Waals surface area contributed by atoms with Gasteiger partial charge in [0.15, 0.2) is 0 Å². The molecule has 1 aromatic rings. The van der Waals surface area contributed by atoms with Crippen LogP contribution in [0.25, 0.3) is 0 Å². The average Bonchev–Trinajstić information content (AvgIpc) is 2.22. The zero-order valence-corrected chi connectivity index (χ0v) is 9.79. The second kappa shape index (κ2) is 6.27. The molecule has 0 amide bonds. The van der Waals surface area contributed by atoms with Gasteiger partial charge in [0.25, 0.3) is 5.56 Å². The molecule has 90 valence electrons. The fourth-order valence-corrected chi connectivity index (χ4v) is 1.43. The summed E-state index contributed by atoms with van der Waals surface area (Å²) in [6.07, 6.45) is 1.92. The molecule has 0 saturated heterocycles. The SMILES string of the molecule is Cc1nc(NCCCC(C)CO)cc(=O)[nH]1. The van der Waals surface area contributed by atoms with Crippen molar-refractivity contribution in [2.75, 3.05) is 18.5 Å². The van der Waals surface area contributed by atoms with Crippen molar-refractivity contribution in [3.8, 4) is 0 Å². The monoisotopic (exact) mass is 225 g/mol. The Hall–Kier alpha value is -1.36. The molecule has 0 radical (unpaired) electrons.